The molecule has 8 aromatic carbocycles. The summed E-state index contributed by atoms with van der Waals surface area (Å²) in [4.78, 5) is 4.70. The molecule has 0 aliphatic rings. The molecule has 0 aromatic heterocycles. The molecule has 8 rings (SSSR count). The summed E-state index contributed by atoms with van der Waals surface area (Å²) in [5, 5.41) is 4.85. The number of fused-ring (bicyclic) bond motifs is 2. The van der Waals surface area contributed by atoms with Crippen molar-refractivity contribution >= 4 is 55.7 Å². The average molecular weight is 589 g/mol. The van der Waals surface area contributed by atoms with Crippen LogP contribution in [0.3, 0.4) is 0 Å². The van der Waals surface area contributed by atoms with Gasteiger partial charge in [-0.25, -0.2) is 0 Å². The molecule has 0 N–H and O–H groups in total. The van der Waals surface area contributed by atoms with Crippen molar-refractivity contribution in [3.8, 4) is 11.1 Å². The van der Waals surface area contributed by atoms with E-state index in [2.05, 4.69) is 204 Å². The second-order valence-corrected chi connectivity index (χ2v) is 11.4. The third-order valence-electron chi connectivity index (χ3n) is 8.63. The first-order valence-corrected chi connectivity index (χ1v) is 15.7. The van der Waals surface area contributed by atoms with Gasteiger partial charge in [-0.3, -0.25) is 0 Å². The quantitative estimate of drug-likeness (QED) is 0.183. The number of hydrogen-bond acceptors (Lipinski definition) is 2. The van der Waals surface area contributed by atoms with Gasteiger partial charge in [0.2, 0.25) is 0 Å². The smallest absolute Gasteiger partial charge is 0.0540 e. The zero-order chi connectivity index (χ0) is 30.7. The van der Waals surface area contributed by atoms with Crippen molar-refractivity contribution in [3.05, 3.63) is 194 Å². The standard InChI is InChI=1S/C44H32N2/c1-5-17-33(18-6-1)45(34-19-7-2-8-20-34)43-31-29-39(37-25-13-15-27-41(37)43)40-30-32-44(42-28-16-14-26-38(40)42)46(35-21-9-3-10-22-35)36-23-11-4-12-24-36/h1-32H. The van der Waals surface area contributed by atoms with Crippen LogP contribution in [0.1, 0.15) is 0 Å². The van der Waals surface area contributed by atoms with E-state index in [1.54, 1.807) is 0 Å². The third kappa shape index (κ3) is 4.96. The lowest BCUT2D eigenvalue weighted by Gasteiger charge is -2.28. The molecule has 8 aromatic rings. The number of benzene rings is 8. The topological polar surface area (TPSA) is 6.48 Å². The first kappa shape index (κ1) is 27.4. The molecule has 0 aliphatic heterocycles. The van der Waals surface area contributed by atoms with E-state index in [0.717, 1.165) is 34.1 Å². The summed E-state index contributed by atoms with van der Waals surface area (Å²) in [6.07, 6.45) is 0. The Bertz CT molecular complexity index is 2000. The highest BCUT2D eigenvalue weighted by Gasteiger charge is 2.20. The van der Waals surface area contributed by atoms with Crippen LogP contribution in [0.2, 0.25) is 0 Å². The van der Waals surface area contributed by atoms with Gasteiger partial charge in [0.1, 0.15) is 0 Å². The normalized spacial score (nSPS) is 11.0. The first-order valence-electron chi connectivity index (χ1n) is 15.7. The van der Waals surface area contributed by atoms with Gasteiger partial charge in [-0.15, -0.1) is 0 Å². The lowest BCUT2D eigenvalue weighted by atomic mass is 9.92. The van der Waals surface area contributed by atoms with Crippen LogP contribution in [0, 0.1) is 0 Å². The molecule has 0 aliphatic carbocycles. The van der Waals surface area contributed by atoms with Gasteiger partial charge in [0, 0.05) is 33.5 Å². The van der Waals surface area contributed by atoms with Crippen LogP contribution in [0.25, 0.3) is 32.7 Å². The monoisotopic (exact) mass is 588 g/mol. The van der Waals surface area contributed by atoms with Crippen LogP contribution in [0.5, 0.6) is 0 Å². The van der Waals surface area contributed by atoms with Gasteiger partial charge < -0.3 is 9.80 Å². The number of hydrogen-bond donors (Lipinski definition) is 0. The van der Waals surface area contributed by atoms with Gasteiger partial charge in [0.15, 0.2) is 0 Å². The Hall–Kier alpha value is -6.12. The Balaban J connectivity index is 1.33. The Labute approximate surface area is 270 Å². The van der Waals surface area contributed by atoms with E-state index in [9.17, 15) is 0 Å². The zero-order valence-corrected chi connectivity index (χ0v) is 25.4. The minimum Gasteiger partial charge on any atom is -0.310 e. The number of para-hydroxylation sites is 4. The lowest BCUT2D eigenvalue weighted by Crippen LogP contribution is -2.10. The Kier molecular flexibility index (Phi) is 7.22. The second kappa shape index (κ2) is 12.1. The van der Waals surface area contributed by atoms with E-state index in [1.165, 1.54) is 32.7 Å². The van der Waals surface area contributed by atoms with E-state index in [4.69, 9.17) is 0 Å². The van der Waals surface area contributed by atoms with Crippen molar-refractivity contribution in [2.75, 3.05) is 9.80 Å². The summed E-state index contributed by atoms with van der Waals surface area (Å²) < 4.78 is 0. The fourth-order valence-electron chi connectivity index (χ4n) is 6.59. The molecule has 0 unspecified atom stereocenters. The maximum absolute atomic E-state index is 2.35. The number of nitrogens with zero attached hydrogens (tertiary/aromatic N) is 2. The number of rotatable bonds is 7. The molecule has 0 amide bonds. The van der Waals surface area contributed by atoms with Crippen molar-refractivity contribution in [1.29, 1.82) is 0 Å². The van der Waals surface area contributed by atoms with Crippen molar-refractivity contribution in [2.45, 2.75) is 0 Å². The summed E-state index contributed by atoms with van der Waals surface area (Å²) >= 11 is 0. The van der Waals surface area contributed by atoms with Crippen LogP contribution in [0.15, 0.2) is 194 Å². The maximum atomic E-state index is 2.35. The predicted octanol–water partition coefficient (Wildman–Crippen LogP) is 12.6. The maximum Gasteiger partial charge on any atom is 0.0540 e. The fraction of sp³-hybridized carbons (Fsp3) is 0. The van der Waals surface area contributed by atoms with Gasteiger partial charge in [-0.05, 0) is 82.6 Å². The first-order chi connectivity index (χ1) is 22.9. The van der Waals surface area contributed by atoms with Crippen LogP contribution in [0.4, 0.5) is 34.1 Å². The second-order valence-electron chi connectivity index (χ2n) is 11.4. The van der Waals surface area contributed by atoms with E-state index >= 15 is 0 Å². The molecular formula is C44H32N2. The highest BCUT2D eigenvalue weighted by Crippen LogP contribution is 2.45. The molecule has 218 valence electrons. The Morgan fingerprint density at radius 3 is 0.783 bits per heavy atom. The van der Waals surface area contributed by atoms with Crippen molar-refractivity contribution in [2.24, 2.45) is 0 Å². The third-order valence-corrected chi connectivity index (χ3v) is 8.63. The molecule has 46 heavy (non-hydrogen) atoms. The summed E-state index contributed by atoms with van der Waals surface area (Å²) in [7, 11) is 0. The molecule has 0 fully saturated rings. The Morgan fingerprint density at radius 1 is 0.217 bits per heavy atom. The molecule has 0 heterocycles. The highest BCUT2D eigenvalue weighted by atomic mass is 15.1. The molecule has 0 spiro atoms. The molecular weight excluding hydrogens is 556 g/mol. The molecule has 2 heteroatoms. The van der Waals surface area contributed by atoms with E-state index in [1.807, 2.05) is 0 Å². The van der Waals surface area contributed by atoms with Crippen LogP contribution < -0.4 is 9.80 Å². The highest BCUT2D eigenvalue weighted by molar-refractivity contribution is 6.13. The lowest BCUT2D eigenvalue weighted by molar-refractivity contribution is 1.30. The summed E-state index contributed by atoms with van der Waals surface area (Å²) in [5.41, 5.74) is 9.25. The van der Waals surface area contributed by atoms with E-state index in [0.29, 0.717) is 0 Å². The molecule has 0 saturated heterocycles. The molecule has 0 bridgehead atoms. The van der Waals surface area contributed by atoms with Gasteiger partial charge in [0.25, 0.3) is 0 Å². The molecule has 0 radical (unpaired) electrons. The average Bonchev–Trinajstić information content (AvgIpc) is 3.14. The summed E-state index contributed by atoms with van der Waals surface area (Å²) in [5.74, 6) is 0. The molecule has 0 atom stereocenters. The number of anilines is 6. The minimum absolute atomic E-state index is 1.13. The van der Waals surface area contributed by atoms with Gasteiger partial charge in [-0.1, -0.05) is 133 Å². The minimum atomic E-state index is 1.13. The van der Waals surface area contributed by atoms with Crippen LogP contribution in [-0.4, -0.2) is 0 Å². The zero-order valence-electron chi connectivity index (χ0n) is 25.4. The Morgan fingerprint density at radius 2 is 0.478 bits per heavy atom. The fourth-order valence-corrected chi connectivity index (χ4v) is 6.59. The van der Waals surface area contributed by atoms with Crippen LogP contribution in [-0.2, 0) is 0 Å². The molecule has 0 saturated carbocycles. The van der Waals surface area contributed by atoms with E-state index in [-0.39, 0.29) is 0 Å². The summed E-state index contributed by atoms with van der Waals surface area (Å²) in [6, 6.07) is 69.2. The van der Waals surface area contributed by atoms with Crippen LogP contribution >= 0.6 is 0 Å². The predicted molar refractivity (Wildman–Crippen MR) is 196 cm³/mol. The largest absolute Gasteiger partial charge is 0.310 e. The molecule has 2 nitrogen and oxygen atoms in total. The van der Waals surface area contributed by atoms with E-state index < -0.39 is 0 Å². The summed E-state index contributed by atoms with van der Waals surface area (Å²) in [6.45, 7) is 0. The van der Waals surface area contributed by atoms with Gasteiger partial charge in [-0.2, -0.15) is 0 Å². The van der Waals surface area contributed by atoms with Gasteiger partial charge in [0.05, 0.1) is 11.4 Å². The van der Waals surface area contributed by atoms with Crippen molar-refractivity contribution in [3.63, 3.8) is 0 Å². The van der Waals surface area contributed by atoms with Crippen molar-refractivity contribution in [1.82, 2.24) is 0 Å². The van der Waals surface area contributed by atoms with Gasteiger partial charge >= 0.3 is 0 Å². The SMILES string of the molecule is c1ccc(N(c2ccccc2)c2ccc(-c3ccc(N(c4ccccc4)c4ccccc4)c4ccccc34)c3ccccc23)cc1. The van der Waals surface area contributed by atoms with Crippen molar-refractivity contribution < 1.29 is 0 Å².